The van der Waals surface area contributed by atoms with Gasteiger partial charge in [0.15, 0.2) is 5.78 Å². The Hall–Kier alpha value is -2.74. The molecule has 0 spiro atoms. The lowest BCUT2D eigenvalue weighted by Gasteiger charge is -2.00. The van der Waals surface area contributed by atoms with Gasteiger partial charge in [-0.25, -0.2) is 0 Å². The molecule has 22 heavy (non-hydrogen) atoms. The van der Waals surface area contributed by atoms with Crippen molar-refractivity contribution in [3.05, 3.63) is 95.6 Å². The minimum absolute atomic E-state index is 0.00450. The van der Waals surface area contributed by atoms with Crippen LogP contribution in [0.15, 0.2) is 89.5 Å². The van der Waals surface area contributed by atoms with E-state index in [0.29, 0.717) is 17.7 Å². The van der Waals surface area contributed by atoms with Gasteiger partial charge in [-0.2, -0.15) is 0 Å². The molecule has 2 aromatic rings. The van der Waals surface area contributed by atoms with Gasteiger partial charge < -0.3 is 0 Å². The highest BCUT2D eigenvalue weighted by Gasteiger charge is 2.07. The van der Waals surface area contributed by atoms with Gasteiger partial charge in [-0.3, -0.25) is 9.79 Å². The number of Topliss-reactive ketones (excluding diaryl/α,β-unsaturated/α-hetero) is 1. The molecule has 2 nitrogen and oxygen atoms in total. The molecule has 0 atom stereocenters. The summed E-state index contributed by atoms with van der Waals surface area (Å²) in [5.41, 5.74) is 2.46. The molecule has 0 aliphatic heterocycles. The molecule has 0 radical (unpaired) electrons. The molecule has 0 N–H and O–H groups in total. The van der Waals surface area contributed by atoms with E-state index in [0.717, 1.165) is 5.56 Å². The summed E-state index contributed by atoms with van der Waals surface area (Å²) in [7, 11) is 0. The van der Waals surface area contributed by atoms with E-state index in [1.54, 1.807) is 12.3 Å². The van der Waals surface area contributed by atoms with Gasteiger partial charge in [-0.15, -0.1) is 0 Å². The van der Waals surface area contributed by atoms with Crippen molar-refractivity contribution >= 4 is 12.0 Å². The Morgan fingerprint density at radius 2 is 1.64 bits per heavy atom. The highest BCUT2D eigenvalue weighted by molar-refractivity contribution is 6.12. The number of benzene rings is 2. The molecular weight excluding hydrogens is 270 g/mol. The number of hydrogen-bond acceptors (Lipinski definition) is 2. The van der Waals surface area contributed by atoms with E-state index in [9.17, 15) is 4.79 Å². The molecule has 2 heteroatoms. The number of aliphatic imine (C=N–C) groups is 1. The van der Waals surface area contributed by atoms with Crippen LogP contribution in [0.2, 0.25) is 0 Å². The first-order chi connectivity index (χ1) is 10.8. The number of carbonyl (C=O) groups excluding carboxylic acids is 1. The lowest BCUT2D eigenvalue weighted by Crippen LogP contribution is -2.01. The minimum Gasteiger partial charge on any atom is -0.289 e. The van der Waals surface area contributed by atoms with Crippen molar-refractivity contribution < 1.29 is 4.79 Å². The average molecular weight is 289 g/mol. The van der Waals surface area contributed by atoms with Crippen LogP contribution in [0.1, 0.15) is 22.8 Å². The zero-order chi connectivity index (χ0) is 15.6. The summed E-state index contributed by atoms with van der Waals surface area (Å²) >= 11 is 0. The Morgan fingerprint density at radius 1 is 1.00 bits per heavy atom. The van der Waals surface area contributed by atoms with Crippen molar-refractivity contribution in [2.24, 2.45) is 4.99 Å². The predicted octanol–water partition coefficient (Wildman–Crippen LogP) is 4.64. The second-order valence-electron chi connectivity index (χ2n) is 4.79. The van der Waals surface area contributed by atoms with E-state index in [-0.39, 0.29) is 5.78 Å². The predicted molar refractivity (Wildman–Crippen MR) is 92.3 cm³/mol. The number of carbonyl (C=O) groups is 1. The first-order valence-corrected chi connectivity index (χ1v) is 7.27. The summed E-state index contributed by atoms with van der Waals surface area (Å²) in [6, 6.07) is 19.3. The summed E-state index contributed by atoms with van der Waals surface area (Å²) < 4.78 is 0. The third kappa shape index (κ3) is 4.67. The maximum absolute atomic E-state index is 12.4. The largest absolute Gasteiger partial charge is 0.289 e. The van der Waals surface area contributed by atoms with E-state index in [1.807, 2.05) is 79.7 Å². The van der Waals surface area contributed by atoms with Crippen molar-refractivity contribution in [3.8, 4) is 0 Å². The van der Waals surface area contributed by atoms with E-state index < -0.39 is 0 Å². The van der Waals surface area contributed by atoms with Gasteiger partial charge in [0.2, 0.25) is 0 Å². The van der Waals surface area contributed by atoms with Gasteiger partial charge >= 0.3 is 0 Å². The second kappa shape index (κ2) is 8.53. The van der Waals surface area contributed by atoms with Gasteiger partial charge in [0.05, 0.1) is 6.54 Å². The Balaban J connectivity index is 2.09. The molecule has 0 aliphatic carbocycles. The number of ketones is 1. The molecule has 0 bridgehead atoms. The number of hydrogen-bond donors (Lipinski definition) is 0. The SMILES string of the molecule is C\C=C/C(=C\C=N\Cc1ccccc1)C(=O)c1ccccc1. The van der Waals surface area contributed by atoms with Gasteiger partial charge in [0.25, 0.3) is 0 Å². The average Bonchev–Trinajstić information content (AvgIpc) is 2.59. The maximum atomic E-state index is 12.4. The van der Waals surface area contributed by atoms with Crippen LogP contribution >= 0.6 is 0 Å². The standard InChI is InChI=1S/C20H19NO/c1-2-9-18(20(22)19-12-7-4-8-13-19)14-15-21-16-17-10-5-3-6-11-17/h2-15H,16H2,1H3/b9-2-,18-14+,21-15+. The Morgan fingerprint density at radius 3 is 2.27 bits per heavy atom. The Bertz CT molecular complexity index is 682. The van der Waals surface area contributed by atoms with Crippen molar-refractivity contribution in [2.75, 3.05) is 0 Å². The molecule has 0 aromatic heterocycles. The molecule has 0 heterocycles. The van der Waals surface area contributed by atoms with Crippen molar-refractivity contribution in [2.45, 2.75) is 13.5 Å². The van der Waals surface area contributed by atoms with Crippen LogP contribution in [-0.2, 0) is 6.54 Å². The van der Waals surface area contributed by atoms with Gasteiger partial charge in [0, 0.05) is 17.4 Å². The summed E-state index contributed by atoms with van der Waals surface area (Å²) in [5.74, 6) is 0.00450. The first-order valence-electron chi connectivity index (χ1n) is 7.27. The first kappa shape index (κ1) is 15.6. The summed E-state index contributed by atoms with van der Waals surface area (Å²) in [6.45, 7) is 2.51. The number of rotatable bonds is 6. The highest BCUT2D eigenvalue weighted by atomic mass is 16.1. The zero-order valence-electron chi connectivity index (χ0n) is 12.6. The van der Waals surface area contributed by atoms with Crippen LogP contribution in [-0.4, -0.2) is 12.0 Å². The molecule has 2 aromatic carbocycles. The third-order valence-corrected chi connectivity index (χ3v) is 3.12. The molecule has 2 rings (SSSR count). The topological polar surface area (TPSA) is 29.4 Å². The number of nitrogens with zero attached hydrogens (tertiary/aromatic N) is 1. The van der Waals surface area contributed by atoms with Crippen LogP contribution in [0.3, 0.4) is 0 Å². The lowest BCUT2D eigenvalue weighted by molar-refractivity contribution is 0.103. The van der Waals surface area contributed by atoms with Crippen molar-refractivity contribution in [1.29, 1.82) is 0 Å². The third-order valence-electron chi connectivity index (χ3n) is 3.12. The van der Waals surface area contributed by atoms with E-state index in [1.165, 1.54) is 0 Å². The molecule has 110 valence electrons. The fraction of sp³-hybridized carbons (Fsp3) is 0.100. The van der Waals surface area contributed by atoms with Crippen LogP contribution in [0.5, 0.6) is 0 Å². The van der Waals surface area contributed by atoms with E-state index >= 15 is 0 Å². The summed E-state index contributed by atoms with van der Waals surface area (Å²) in [6.07, 6.45) is 7.13. The molecule has 0 amide bonds. The normalized spacial score (nSPS) is 12.1. The van der Waals surface area contributed by atoms with Crippen LogP contribution in [0.4, 0.5) is 0 Å². The van der Waals surface area contributed by atoms with Crippen LogP contribution in [0, 0.1) is 0 Å². The van der Waals surface area contributed by atoms with E-state index in [2.05, 4.69) is 4.99 Å². The van der Waals surface area contributed by atoms with Crippen molar-refractivity contribution in [3.63, 3.8) is 0 Å². The Labute approximate surface area is 131 Å². The molecule has 0 saturated carbocycles. The van der Waals surface area contributed by atoms with Crippen LogP contribution in [0.25, 0.3) is 0 Å². The van der Waals surface area contributed by atoms with E-state index in [4.69, 9.17) is 0 Å². The Kier molecular flexibility index (Phi) is 6.06. The van der Waals surface area contributed by atoms with Gasteiger partial charge in [-0.1, -0.05) is 72.8 Å². The molecule has 0 unspecified atom stereocenters. The quantitative estimate of drug-likeness (QED) is 0.329. The van der Waals surface area contributed by atoms with Gasteiger partial charge in [0.1, 0.15) is 0 Å². The molecule has 0 saturated heterocycles. The minimum atomic E-state index is 0.00450. The second-order valence-corrected chi connectivity index (χ2v) is 4.79. The molecular formula is C20H19NO. The summed E-state index contributed by atoms with van der Waals surface area (Å²) in [5, 5.41) is 0. The lowest BCUT2D eigenvalue weighted by atomic mass is 10.0. The smallest absolute Gasteiger partial charge is 0.193 e. The highest BCUT2D eigenvalue weighted by Crippen LogP contribution is 2.09. The number of allylic oxidation sites excluding steroid dienone is 4. The maximum Gasteiger partial charge on any atom is 0.193 e. The molecule has 0 aliphatic rings. The fourth-order valence-electron chi connectivity index (χ4n) is 2.02. The molecule has 0 fully saturated rings. The van der Waals surface area contributed by atoms with Crippen molar-refractivity contribution in [1.82, 2.24) is 0 Å². The monoisotopic (exact) mass is 289 g/mol. The summed E-state index contributed by atoms with van der Waals surface area (Å²) in [4.78, 5) is 16.8. The van der Waals surface area contributed by atoms with Gasteiger partial charge in [-0.05, 0) is 18.6 Å². The van der Waals surface area contributed by atoms with Crippen LogP contribution < -0.4 is 0 Å². The zero-order valence-corrected chi connectivity index (χ0v) is 12.6. The fourth-order valence-corrected chi connectivity index (χ4v) is 2.02.